The summed E-state index contributed by atoms with van der Waals surface area (Å²) in [5.41, 5.74) is 3.76. The zero-order valence-corrected chi connectivity index (χ0v) is 18.4. The number of fused-ring (bicyclic) bond motifs is 1. The number of methoxy groups -OCH3 is 1. The van der Waals surface area contributed by atoms with E-state index in [4.69, 9.17) is 9.84 Å². The number of para-hydroxylation sites is 1. The number of piperidine rings is 1. The van der Waals surface area contributed by atoms with E-state index < -0.39 is 6.17 Å². The third-order valence-corrected chi connectivity index (χ3v) is 6.62. The zero-order chi connectivity index (χ0) is 21.1. The Morgan fingerprint density at radius 2 is 2.20 bits per heavy atom. The Morgan fingerprint density at radius 3 is 2.97 bits per heavy atom. The van der Waals surface area contributed by atoms with Crippen molar-refractivity contribution >= 4 is 23.1 Å². The lowest BCUT2D eigenvalue weighted by molar-refractivity contribution is 0.275. The minimum atomic E-state index is -0.876. The van der Waals surface area contributed by atoms with Gasteiger partial charge in [-0.1, -0.05) is 43.8 Å². The number of hydrogen-bond donors (Lipinski definition) is 2. The Morgan fingerprint density at radius 1 is 1.37 bits per heavy atom. The van der Waals surface area contributed by atoms with Gasteiger partial charge in [-0.25, -0.2) is 13.9 Å². The molecule has 0 radical (unpaired) electrons. The van der Waals surface area contributed by atoms with Gasteiger partial charge < -0.3 is 15.4 Å². The maximum absolute atomic E-state index is 14.4. The van der Waals surface area contributed by atoms with E-state index in [1.807, 2.05) is 41.0 Å². The molecule has 160 valence electrons. The molecule has 3 aromatic rings. The number of ether oxygens (including phenoxy) is 1. The van der Waals surface area contributed by atoms with Crippen LogP contribution in [0.4, 0.5) is 10.1 Å². The minimum Gasteiger partial charge on any atom is -0.496 e. The standard InChI is InChI=1S/C22H28FN5OS/c1-14(2)18-13-26-22-17(25-11-15-6-4-5-7-19(15)29-3)10-21(27-28(18)22)30-20-8-9-24-12-16(20)23/h4-7,10,13-14,16,20,24-25H,8-9,11-12H2,1-3H3. The van der Waals surface area contributed by atoms with Gasteiger partial charge in [0.1, 0.15) is 16.9 Å². The molecule has 1 aliphatic heterocycles. The molecule has 0 spiro atoms. The van der Waals surface area contributed by atoms with Crippen LogP contribution in [0.1, 0.15) is 37.4 Å². The molecule has 1 aliphatic rings. The third kappa shape index (κ3) is 4.39. The summed E-state index contributed by atoms with van der Waals surface area (Å²) < 4.78 is 21.8. The van der Waals surface area contributed by atoms with E-state index in [2.05, 4.69) is 29.5 Å². The number of rotatable bonds is 7. The van der Waals surface area contributed by atoms with E-state index >= 15 is 0 Å². The van der Waals surface area contributed by atoms with Gasteiger partial charge in [0.05, 0.1) is 24.7 Å². The number of halogens is 1. The summed E-state index contributed by atoms with van der Waals surface area (Å²) in [5, 5.41) is 12.1. The van der Waals surface area contributed by atoms with Gasteiger partial charge in [0.2, 0.25) is 0 Å². The Hall–Kier alpha value is -2.32. The van der Waals surface area contributed by atoms with E-state index in [1.54, 1.807) is 7.11 Å². The van der Waals surface area contributed by atoms with Gasteiger partial charge in [0.15, 0.2) is 5.65 Å². The van der Waals surface area contributed by atoms with Crippen LogP contribution in [0.2, 0.25) is 0 Å². The van der Waals surface area contributed by atoms with Crippen LogP contribution in [0.5, 0.6) is 5.75 Å². The molecule has 2 atom stereocenters. The first kappa shape index (κ1) is 20.9. The first-order valence-electron chi connectivity index (χ1n) is 10.3. The van der Waals surface area contributed by atoms with Gasteiger partial charge in [-0.15, -0.1) is 0 Å². The van der Waals surface area contributed by atoms with Crippen LogP contribution < -0.4 is 15.4 Å². The van der Waals surface area contributed by atoms with Crippen molar-refractivity contribution in [1.82, 2.24) is 19.9 Å². The van der Waals surface area contributed by atoms with Gasteiger partial charge in [0.25, 0.3) is 0 Å². The predicted octanol–water partition coefficient (Wildman–Crippen LogP) is 4.27. The molecular weight excluding hydrogens is 401 g/mol. The highest BCUT2D eigenvalue weighted by Crippen LogP contribution is 2.32. The fourth-order valence-electron chi connectivity index (χ4n) is 3.67. The minimum absolute atomic E-state index is 0.0933. The molecule has 3 heterocycles. The first-order chi connectivity index (χ1) is 14.6. The fourth-order valence-corrected chi connectivity index (χ4v) is 4.77. The lowest BCUT2D eigenvalue weighted by Gasteiger charge is -2.26. The van der Waals surface area contributed by atoms with Crippen molar-refractivity contribution in [3.8, 4) is 5.75 Å². The molecule has 6 nitrogen and oxygen atoms in total. The number of nitrogens with zero attached hydrogens (tertiary/aromatic N) is 3. The molecule has 0 saturated carbocycles. The summed E-state index contributed by atoms with van der Waals surface area (Å²) in [6.45, 7) is 6.08. The molecule has 2 unspecified atom stereocenters. The van der Waals surface area contributed by atoms with Crippen molar-refractivity contribution in [3.05, 3.63) is 47.8 Å². The fraction of sp³-hybridized carbons (Fsp3) is 0.455. The smallest absolute Gasteiger partial charge is 0.177 e. The van der Waals surface area contributed by atoms with Gasteiger partial charge >= 0.3 is 0 Å². The summed E-state index contributed by atoms with van der Waals surface area (Å²) in [6, 6.07) is 9.92. The van der Waals surface area contributed by atoms with E-state index in [0.717, 1.165) is 46.3 Å². The molecule has 1 aromatic carbocycles. The SMILES string of the molecule is COc1ccccc1CNc1cc(SC2CCNCC2F)nn2c(C(C)C)cnc12. The van der Waals surface area contributed by atoms with Gasteiger partial charge in [-0.3, -0.25) is 0 Å². The summed E-state index contributed by atoms with van der Waals surface area (Å²) in [5.74, 6) is 1.12. The average molecular weight is 430 g/mol. The number of thioether (sulfide) groups is 1. The van der Waals surface area contributed by atoms with Crippen LogP contribution >= 0.6 is 11.8 Å². The van der Waals surface area contributed by atoms with Crippen LogP contribution in [0.15, 0.2) is 41.6 Å². The molecule has 0 amide bonds. The third-order valence-electron chi connectivity index (χ3n) is 5.35. The summed E-state index contributed by atoms with van der Waals surface area (Å²) in [4.78, 5) is 4.61. The van der Waals surface area contributed by atoms with Crippen molar-refractivity contribution < 1.29 is 9.13 Å². The Labute approximate surface area is 180 Å². The maximum Gasteiger partial charge on any atom is 0.177 e. The first-order valence-corrected chi connectivity index (χ1v) is 11.2. The van der Waals surface area contributed by atoms with Crippen LogP contribution in [0.3, 0.4) is 0 Å². The lowest BCUT2D eigenvalue weighted by Crippen LogP contribution is -2.39. The number of nitrogens with one attached hydrogen (secondary N) is 2. The molecule has 2 aromatic heterocycles. The molecule has 0 aliphatic carbocycles. The molecule has 1 saturated heterocycles. The number of hydrogen-bond acceptors (Lipinski definition) is 6. The monoisotopic (exact) mass is 429 g/mol. The number of benzene rings is 1. The van der Waals surface area contributed by atoms with Crippen molar-refractivity contribution in [1.29, 1.82) is 0 Å². The maximum atomic E-state index is 14.4. The topological polar surface area (TPSA) is 63.5 Å². The summed E-state index contributed by atoms with van der Waals surface area (Å²) >= 11 is 1.52. The Balaban J connectivity index is 1.66. The number of alkyl halides is 1. The molecule has 4 rings (SSSR count). The van der Waals surface area contributed by atoms with Crippen molar-refractivity contribution in [3.63, 3.8) is 0 Å². The molecule has 30 heavy (non-hydrogen) atoms. The normalized spacial score (nSPS) is 19.4. The summed E-state index contributed by atoms with van der Waals surface area (Å²) in [7, 11) is 1.67. The number of imidazole rings is 1. The average Bonchev–Trinajstić information content (AvgIpc) is 3.18. The van der Waals surface area contributed by atoms with E-state index in [1.165, 1.54) is 11.8 Å². The lowest BCUT2D eigenvalue weighted by atomic mass is 10.1. The van der Waals surface area contributed by atoms with Gasteiger partial charge in [-0.05, 0) is 31.0 Å². The second-order valence-electron chi connectivity index (χ2n) is 7.80. The van der Waals surface area contributed by atoms with Gasteiger partial charge in [-0.2, -0.15) is 5.10 Å². The van der Waals surface area contributed by atoms with Crippen molar-refractivity contribution in [2.45, 2.75) is 49.2 Å². The van der Waals surface area contributed by atoms with E-state index in [9.17, 15) is 4.39 Å². The van der Waals surface area contributed by atoms with Crippen LogP contribution in [-0.2, 0) is 6.54 Å². The molecule has 2 N–H and O–H groups in total. The molecular formula is C22H28FN5OS. The Bertz CT molecular complexity index is 1010. The molecule has 8 heteroatoms. The van der Waals surface area contributed by atoms with Crippen molar-refractivity contribution in [2.75, 3.05) is 25.5 Å². The number of aromatic nitrogens is 3. The Kier molecular flexibility index (Phi) is 6.43. The van der Waals surface area contributed by atoms with Crippen LogP contribution in [0.25, 0.3) is 5.65 Å². The second-order valence-corrected chi connectivity index (χ2v) is 9.06. The predicted molar refractivity (Wildman–Crippen MR) is 119 cm³/mol. The zero-order valence-electron chi connectivity index (χ0n) is 17.6. The summed E-state index contributed by atoms with van der Waals surface area (Å²) in [6.07, 6.45) is 1.79. The highest BCUT2D eigenvalue weighted by molar-refractivity contribution is 7.99. The molecule has 1 fully saturated rings. The van der Waals surface area contributed by atoms with Gasteiger partial charge in [0, 0.05) is 23.9 Å². The van der Waals surface area contributed by atoms with Crippen LogP contribution in [-0.4, -0.2) is 46.2 Å². The molecule has 0 bridgehead atoms. The number of anilines is 1. The van der Waals surface area contributed by atoms with Crippen LogP contribution in [0, 0.1) is 0 Å². The highest BCUT2D eigenvalue weighted by atomic mass is 32.2. The second kappa shape index (κ2) is 9.22. The van der Waals surface area contributed by atoms with Crippen molar-refractivity contribution in [2.24, 2.45) is 0 Å². The van der Waals surface area contributed by atoms with E-state index in [-0.39, 0.29) is 11.2 Å². The van der Waals surface area contributed by atoms with E-state index in [0.29, 0.717) is 13.1 Å². The highest BCUT2D eigenvalue weighted by Gasteiger charge is 2.26. The largest absolute Gasteiger partial charge is 0.496 e. The quantitative estimate of drug-likeness (QED) is 0.585.